The zero-order valence-electron chi connectivity index (χ0n) is 24.1. The van der Waals surface area contributed by atoms with Crippen LogP contribution in [0.15, 0.2) is 66.1 Å². The van der Waals surface area contributed by atoms with E-state index in [-0.39, 0.29) is 11.4 Å². The number of terminal acetylenes is 1. The molecule has 0 radical (unpaired) electrons. The van der Waals surface area contributed by atoms with Gasteiger partial charge >= 0.3 is 0 Å². The maximum Gasteiger partial charge on any atom is 0.272 e. The van der Waals surface area contributed by atoms with Gasteiger partial charge in [0, 0.05) is 61.0 Å². The smallest absolute Gasteiger partial charge is 0.272 e. The van der Waals surface area contributed by atoms with Crippen LogP contribution >= 0.6 is 0 Å². The number of halogens is 1. The number of piperazine rings is 1. The van der Waals surface area contributed by atoms with Crippen molar-refractivity contribution >= 4 is 22.3 Å². The molecule has 1 saturated heterocycles. The molecule has 5 rings (SSSR count). The molecule has 7 heteroatoms. The fraction of sp³-hybridized carbons (Fsp3) is 0.303. The third-order valence-electron chi connectivity index (χ3n) is 6.64. The Labute approximate surface area is 236 Å². The van der Waals surface area contributed by atoms with Gasteiger partial charge in [-0.3, -0.25) is 4.79 Å². The minimum absolute atomic E-state index is 0.219. The number of anilines is 1. The quantitative estimate of drug-likeness (QED) is 0.307. The summed E-state index contributed by atoms with van der Waals surface area (Å²) in [7, 11) is 0. The van der Waals surface area contributed by atoms with Gasteiger partial charge in [-0.2, -0.15) is 5.10 Å². The number of nitrogens with zero attached hydrogens (tertiary/aromatic N) is 4. The van der Waals surface area contributed by atoms with Crippen molar-refractivity contribution in [2.24, 2.45) is 0 Å². The maximum atomic E-state index is 14.9. The van der Waals surface area contributed by atoms with Crippen molar-refractivity contribution in [2.45, 2.75) is 41.0 Å². The molecule has 2 aromatic carbocycles. The molecule has 3 heterocycles. The van der Waals surface area contributed by atoms with E-state index in [9.17, 15) is 9.18 Å². The Kier molecular flexibility index (Phi) is 10.6. The molecule has 0 bridgehead atoms. The van der Waals surface area contributed by atoms with Crippen LogP contribution in [0, 0.1) is 25.1 Å². The number of H-pyrrole nitrogens is 1. The summed E-state index contributed by atoms with van der Waals surface area (Å²) in [6.07, 6.45) is 7.58. The molecular formula is C33H38FN5O. The fourth-order valence-electron chi connectivity index (χ4n) is 4.60. The van der Waals surface area contributed by atoms with E-state index < -0.39 is 0 Å². The summed E-state index contributed by atoms with van der Waals surface area (Å²) < 4.78 is 14.9. The number of hydrogen-bond donors (Lipinski definition) is 1. The van der Waals surface area contributed by atoms with Gasteiger partial charge in [0.1, 0.15) is 11.6 Å². The van der Waals surface area contributed by atoms with Gasteiger partial charge in [0.15, 0.2) is 0 Å². The van der Waals surface area contributed by atoms with Gasteiger partial charge < -0.3 is 9.80 Å². The fourth-order valence-corrected chi connectivity index (χ4v) is 4.60. The average Bonchev–Trinajstić information content (AvgIpc) is 3.01. The highest BCUT2D eigenvalue weighted by atomic mass is 19.1. The zero-order chi connectivity index (χ0) is 29.2. The van der Waals surface area contributed by atoms with Crippen LogP contribution in [-0.4, -0.2) is 46.3 Å². The van der Waals surface area contributed by atoms with E-state index >= 15 is 0 Å². The Morgan fingerprint density at radius 3 is 2.40 bits per heavy atom. The molecule has 1 aliphatic heterocycles. The van der Waals surface area contributed by atoms with Gasteiger partial charge in [0.05, 0.1) is 11.1 Å². The van der Waals surface area contributed by atoms with Crippen molar-refractivity contribution in [1.82, 2.24) is 20.1 Å². The second-order valence-electron chi connectivity index (χ2n) is 9.01. The predicted molar refractivity (Wildman–Crippen MR) is 164 cm³/mol. The molecule has 4 aromatic rings. The van der Waals surface area contributed by atoms with E-state index in [0.717, 1.165) is 46.7 Å². The van der Waals surface area contributed by atoms with E-state index in [1.807, 2.05) is 71.0 Å². The largest absolute Gasteiger partial charge is 0.368 e. The third-order valence-corrected chi connectivity index (χ3v) is 6.64. The molecule has 0 aliphatic carbocycles. The zero-order valence-corrected chi connectivity index (χ0v) is 24.1. The minimum Gasteiger partial charge on any atom is -0.368 e. The van der Waals surface area contributed by atoms with Crippen LogP contribution in [-0.2, 0) is 6.42 Å². The van der Waals surface area contributed by atoms with Crippen LogP contribution < -0.4 is 10.5 Å². The molecule has 208 valence electrons. The lowest BCUT2D eigenvalue weighted by Gasteiger charge is -2.37. The number of aryl methyl sites for hydroxylation is 1. The Morgan fingerprint density at radius 1 is 1.02 bits per heavy atom. The van der Waals surface area contributed by atoms with Gasteiger partial charge in [0.25, 0.3) is 5.56 Å². The maximum absolute atomic E-state index is 14.9. The van der Waals surface area contributed by atoms with Crippen molar-refractivity contribution in [3.8, 4) is 12.3 Å². The number of benzene rings is 2. The molecule has 0 atom stereocenters. The second-order valence-corrected chi connectivity index (χ2v) is 9.01. The Balaban J connectivity index is 0.00000106. The summed E-state index contributed by atoms with van der Waals surface area (Å²) >= 11 is 0. The van der Waals surface area contributed by atoms with Crippen LogP contribution in [0.25, 0.3) is 16.5 Å². The Bertz CT molecular complexity index is 1540. The lowest BCUT2D eigenvalue weighted by atomic mass is 10.00. The SMILES string of the molecule is C#Cc1ccc(N2CCN(C(=C)c3cc(Cc4n[nH]c(=O)c5ccc(C)cc45)ccc3F)CC2)nc1.CC.CC. The molecule has 40 heavy (non-hydrogen) atoms. The summed E-state index contributed by atoms with van der Waals surface area (Å²) in [5.41, 5.74) is 4.34. The summed E-state index contributed by atoms with van der Waals surface area (Å²) in [6.45, 7) is 17.1. The van der Waals surface area contributed by atoms with Gasteiger partial charge in [-0.1, -0.05) is 57.9 Å². The first kappa shape index (κ1) is 30.1. The van der Waals surface area contributed by atoms with Crippen LogP contribution in [0.3, 0.4) is 0 Å². The van der Waals surface area contributed by atoms with Gasteiger partial charge in [0.2, 0.25) is 0 Å². The molecule has 1 fully saturated rings. The Morgan fingerprint density at radius 2 is 1.75 bits per heavy atom. The van der Waals surface area contributed by atoms with Crippen molar-refractivity contribution in [3.63, 3.8) is 0 Å². The third kappa shape index (κ3) is 6.76. The first-order chi connectivity index (χ1) is 19.4. The molecule has 0 amide bonds. The summed E-state index contributed by atoms with van der Waals surface area (Å²) in [5.74, 6) is 3.15. The molecule has 0 unspecified atom stereocenters. The van der Waals surface area contributed by atoms with E-state index in [4.69, 9.17) is 6.42 Å². The first-order valence-electron chi connectivity index (χ1n) is 13.8. The first-order valence-corrected chi connectivity index (χ1v) is 13.8. The second kappa shape index (κ2) is 14.1. The molecular weight excluding hydrogens is 501 g/mol. The lowest BCUT2D eigenvalue weighted by Crippen LogP contribution is -2.45. The number of nitrogens with one attached hydrogen (secondary N) is 1. The number of fused-ring (bicyclic) bond motifs is 1. The molecule has 2 aromatic heterocycles. The minimum atomic E-state index is -0.312. The number of aromatic nitrogens is 3. The topological polar surface area (TPSA) is 65.1 Å². The van der Waals surface area contributed by atoms with Crippen molar-refractivity contribution < 1.29 is 4.39 Å². The van der Waals surface area contributed by atoms with Gasteiger partial charge in [-0.25, -0.2) is 14.5 Å². The van der Waals surface area contributed by atoms with Crippen molar-refractivity contribution in [2.75, 3.05) is 31.1 Å². The summed E-state index contributed by atoms with van der Waals surface area (Å²) in [5, 5.41) is 8.28. The molecule has 6 nitrogen and oxygen atoms in total. The van der Waals surface area contributed by atoms with Crippen LogP contribution in [0.1, 0.15) is 55.6 Å². The predicted octanol–water partition coefficient (Wildman–Crippen LogP) is 6.18. The molecule has 1 aliphatic rings. The average molecular weight is 540 g/mol. The summed E-state index contributed by atoms with van der Waals surface area (Å²) in [6, 6.07) is 14.6. The number of pyridine rings is 1. The lowest BCUT2D eigenvalue weighted by molar-refractivity contribution is 0.365. The molecule has 0 spiro atoms. The van der Waals surface area contributed by atoms with Gasteiger partial charge in [-0.15, -0.1) is 6.42 Å². The summed E-state index contributed by atoms with van der Waals surface area (Å²) in [4.78, 5) is 20.9. The highest BCUT2D eigenvalue weighted by Crippen LogP contribution is 2.26. The highest BCUT2D eigenvalue weighted by Gasteiger charge is 2.21. The highest BCUT2D eigenvalue weighted by molar-refractivity contribution is 5.84. The van der Waals surface area contributed by atoms with Crippen LogP contribution in [0.5, 0.6) is 0 Å². The van der Waals surface area contributed by atoms with E-state index in [2.05, 4.69) is 37.5 Å². The van der Waals surface area contributed by atoms with Gasteiger partial charge in [-0.05, 0) is 48.9 Å². The number of aromatic amines is 1. The normalized spacial score (nSPS) is 12.5. The number of rotatable bonds is 5. The van der Waals surface area contributed by atoms with E-state index in [0.29, 0.717) is 36.2 Å². The molecule has 1 N–H and O–H groups in total. The van der Waals surface area contributed by atoms with E-state index in [1.165, 1.54) is 6.07 Å². The monoisotopic (exact) mass is 539 g/mol. The van der Waals surface area contributed by atoms with Crippen molar-refractivity contribution in [1.29, 1.82) is 0 Å². The van der Waals surface area contributed by atoms with Crippen LogP contribution in [0.4, 0.5) is 10.2 Å². The Hall–Kier alpha value is -4.44. The van der Waals surface area contributed by atoms with Crippen molar-refractivity contribution in [3.05, 3.63) is 105 Å². The number of hydrogen-bond acceptors (Lipinski definition) is 5. The standard InChI is InChI=1S/C29H26FN5O.2C2H6/c1-4-21-7-10-28(31-18-21)35-13-11-34(12-14-35)20(3)24-16-22(6-9-26(24)30)17-27-25-15-19(2)5-8-23(25)29(36)33-32-27;2*1-2/h1,5-10,15-16,18H,3,11-14,17H2,2H3,(H,33,36);2*1-2H3. The molecule has 0 saturated carbocycles. The van der Waals surface area contributed by atoms with E-state index in [1.54, 1.807) is 12.3 Å². The van der Waals surface area contributed by atoms with Crippen LogP contribution in [0.2, 0.25) is 0 Å².